The highest BCUT2D eigenvalue weighted by Crippen LogP contribution is 2.21. The van der Waals surface area contributed by atoms with E-state index < -0.39 is 11.8 Å². The average molecular weight is 369 g/mol. The maximum absolute atomic E-state index is 12.1. The lowest BCUT2D eigenvalue weighted by Gasteiger charge is -2.11. The number of anilines is 1. The van der Waals surface area contributed by atoms with Gasteiger partial charge in [0, 0.05) is 42.8 Å². The number of rotatable bonds is 7. The lowest BCUT2D eigenvalue weighted by Crippen LogP contribution is -2.36. The van der Waals surface area contributed by atoms with E-state index in [2.05, 4.69) is 21.0 Å². The Kier molecular flexibility index (Phi) is 5.85. The predicted octanol–water partition coefficient (Wildman–Crippen LogP) is 1.23. The van der Waals surface area contributed by atoms with Crippen LogP contribution >= 0.6 is 0 Å². The van der Waals surface area contributed by atoms with Gasteiger partial charge >= 0.3 is 11.8 Å². The normalized spacial score (nSPS) is 13.1. The summed E-state index contributed by atoms with van der Waals surface area (Å²) in [6.45, 7) is 2.83. The number of aryl methyl sites for hydroxylation is 2. The Morgan fingerprint density at radius 3 is 2.74 bits per heavy atom. The molecule has 0 bridgehead atoms. The van der Waals surface area contributed by atoms with E-state index in [0.717, 1.165) is 18.4 Å². The van der Waals surface area contributed by atoms with Crippen LogP contribution in [0.3, 0.4) is 0 Å². The monoisotopic (exact) mass is 369 g/mol. The van der Waals surface area contributed by atoms with Gasteiger partial charge in [0.2, 0.25) is 0 Å². The van der Waals surface area contributed by atoms with Crippen molar-refractivity contribution in [2.75, 3.05) is 11.9 Å². The number of benzene rings is 1. The van der Waals surface area contributed by atoms with E-state index in [9.17, 15) is 14.4 Å². The lowest BCUT2D eigenvalue weighted by molar-refractivity contribution is -0.136. The highest BCUT2D eigenvalue weighted by atomic mass is 16.2. The maximum Gasteiger partial charge on any atom is 0.313 e. The van der Waals surface area contributed by atoms with Crippen LogP contribution in [0.25, 0.3) is 0 Å². The molecule has 1 saturated carbocycles. The number of nitrogens with one attached hydrogen (secondary N) is 3. The first-order valence-corrected chi connectivity index (χ1v) is 9.01. The number of aromatic nitrogens is 2. The lowest BCUT2D eigenvalue weighted by atomic mass is 10.1. The van der Waals surface area contributed by atoms with E-state index in [0.29, 0.717) is 30.8 Å². The number of hydrogen-bond donors (Lipinski definition) is 3. The predicted molar refractivity (Wildman–Crippen MR) is 100 cm³/mol. The van der Waals surface area contributed by atoms with Gasteiger partial charge in [0.25, 0.3) is 5.91 Å². The van der Waals surface area contributed by atoms with Gasteiger partial charge < -0.3 is 16.0 Å². The molecule has 8 heteroatoms. The zero-order chi connectivity index (χ0) is 19.2. The van der Waals surface area contributed by atoms with Crippen LogP contribution in [0.1, 0.15) is 35.2 Å². The van der Waals surface area contributed by atoms with Gasteiger partial charge in [0.1, 0.15) is 0 Å². The Bertz CT molecular complexity index is 828. The fraction of sp³-hybridized carbons (Fsp3) is 0.368. The molecule has 0 atom stereocenters. The second kappa shape index (κ2) is 8.48. The van der Waals surface area contributed by atoms with Crippen LogP contribution in [0.5, 0.6) is 0 Å². The largest absolute Gasteiger partial charge is 0.349 e. The first kappa shape index (κ1) is 18.6. The molecule has 1 heterocycles. The first-order chi connectivity index (χ1) is 13.0. The molecule has 142 valence electrons. The van der Waals surface area contributed by atoms with Crippen molar-refractivity contribution in [2.24, 2.45) is 0 Å². The number of carbonyl (C=O) groups excluding carboxylic acids is 3. The number of hydrogen-bond acceptors (Lipinski definition) is 4. The Balaban J connectivity index is 1.49. The van der Waals surface area contributed by atoms with E-state index in [1.807, 2.05) is 12.3 Å². The third-order valence-corrected chi connectivity index (χ3v) is 4.28. The third-order valence-electron chi connectivity index (χ3n) is 4.28. The quantitative estimate of drug-likeness (QED) is 0.504. The molecule has 2 aromatic rings. The van der Waals surface area contributed by atoms with Gasteiger partial charge in [-0.15, -0.1) is 0 Å². The van der Waals surface area contributed by atoms with Crippen LogP contribution in [0.15, 0.2) is 36.7 Å². The van der Waals surface area contributed by atoms with Gasteiger partial charge in [-0.25, -0.2) is 0 Å². The molecule has 8 nitrogen and oxygen atoms in total. The summed E-state index contributed by atoms with van der Waals surface area (Å²) in [7, 11) is 0. The topological polar surface area (TPSA) is 105 Å². The molecular weight excluding hydrogens is 346 g/mol. The summed E-state index contributed by atoms with van der Waals surface area (Å²) >= 11 is 0. The Morgan fingerprint density at radius 2 is 2.04 bits per heavy atom. The van der Waals surface area contributed by atoms with Crippen LogP contribution in [0.2, 0.25) is 0 Å². The van der Waals surface area contributed by atoms with Crippen molar-refractivity contribution in [3.05, 3.63) is 47.8 Å². The molecule has 1 aromatic carbocycles. The Labute approximate surface area is 157 Å². The minimum Gasteiger partial charge on any atom is -0.349 e. The SMILES string of the molecule is Cc1ccc(C(=O)NC2CC2)cc1NC(=O)C(=O)NCCCn1cccn1. The van der Waals surface area contributed by atoms with Crippen LogP contribution in [-0.2, 0) is 16.1 Å². The molecule has 1 aliphatic carbocycles. The third kappa shape index (κ3) is 5.40. The standard InChI is InChI=1S/C19H23N5O3/c1-13-4-5-14(17(25)22-15-6-7-15)12-16(13)23-19(27)18(26)20-8-2-10-24-11-3-9-21-24/h3-5,9,11-12,15H,2,6-8,10H2,1H3,(H,20,26)(H,22,25)(H,23,27). The zero-order valence-corrected chi connectivity index (χ0v) is 15.2. The van der Waals surface area contributed by atoms with Gasteiger partial charge in [0.05, 0.1) is 0 Å². The van der Waals surface area contributed by atoms with Gasteiger partial charge in [-0.05, 0) is 49.9 Å². The molecule has 0 aliphatic heterocycles. The van der Waals surface area contributed by atoms with E-state index >= 15 is 0 Å². The summed E-state index contributed by atoms with van der Waals surface area (Å²) in [5.41, 5.74) is 1.69. The summed E-state index contributed by atoms with van der Waals surface area (Å²) in [5.74, 6) is -1.63. The second-order valence-corrected chi connectivity index (χ2v) is 6.61. The molecule has 0 radical (unpaired) electrons. The molecule has 0 spiro atoms. The second-order valence-electron chi connectivity index (χ2n) is 6.61. The van der Waals surface area contributed by atoms with Crippen molar-refractivity contribution < 1.29 is 14.4 Å². The highest BCUT2D eigenvalue weighted by Gasteiger charge is 2.24. The van der Waals surface area contributed by atoms with E-state index in [4.69, 9.17) is 0 Å². The maximum atomic E-state index is 12.1. The van der Waals surface area contributed by atoms with Crippen molar-refractivity contribution in [3.63, 3.8) is 0 Å². The molecule has 3 rings (SSSR count). The Hall–Kier alpha value is -3.16. The summed E-state index contributed by atoms with van der Waals surface area (Å²) in [4.78, 5) is 36.2. The molecule has 0 saturated heterocycles. The van der Waals surface area contributed by atoms with Crippen molar-refractivity contribution in [1.82, 2.24) is 20.4 Å². The number of amides is 3. The summed E-state index contributed by atoms with van der Waals surface area (Å²) in [6, 6.07) is 7.13. The number of carbonyl (C=O) groups is 3. The van der Waals surface area contributed by atoms with Crippen LogP contribution in [0.4, 0.5) is 5.69 Å². The molecule has 0 unspecified atom stereocenters. The molecule has 1 aromatic heterocycles. The highest BCUT2D eigenvalue weighted by molar-refractivity contribution is 6.39. The van der Waals surface area contributed by atoms with Gasteiger partial charge in [-0.2, -0.15) is 5.10 Å². The molecule has 3 amide bonds. The van der Waals surface area contributed by atoms with Gasteiger partial charge in [0.15, 0.2) is 0 Å². The van der Waals surface area contributed by atoms with E-state index in [1.54, 1.807) is 36.0 Å². The minimum absolute atomic E-state index is 0.170. The fourth-order valence-electron chi connectivity index (χ4n) is 2.53. The molecule has 27 heavy (non-hydrogen) atoms. The first-order valence-electron chi connectivity index (χ1n) is 9.01. The summed E-state index contributed by atoms with van der Waals surface area (Å²) < 4.78 is 1.76. The minimum atomic E-state index is -0.753. The molecular formula is C19H23N5O3. The van der Waals surface area contributed by atoms with Gasteiger partial charge in [-0.3, -0.25) is 19.1 Å². The fourth-order valence-corrected chi connectivity index (χ4v) is 2.53. The molecule has 1 fully saturated rings. The average Bonchev–Trinajstić information content (AvgIpc) is 3.31. The molecule has 1 aliphatic rings. The van der Waals surface area contributed by atoms with Gasteiger partial charge in [-0.1, -0.05) is 6.07 Å². The van der Waals surface area contributed by atoms with Crippen molar-refractivity contribution >= 4 is 23.4 Å². The van der Waals surface area contributed by atoms with Crippen LogP contribution < -0.4 is 16.0 Å². The summed E-state index contributed by atoms with van der Waals surface area (Å²) in [5, 5.41) is 12.1. The number of nitrogens with zero attached hydrogens (tertiary/aromatic N) is 2. The molecule has 3 N–H and O–H groups in total. The zero-order valence-electron chi connectivity index (χ0n) is 15.2. The van der Waals surface area contributed by atoms with E-state index in [1.165, 1.54) is 0 Å². The summed E-state index contributed by atoms with van der Waals surface area (Å²) in [6.07, 6.45) is 6.19. The van der Waals surface area contributed by atoms with E-state index in [-0.39, 0.29) is 11.9 Å². The Morgan fingerprint density at radius 1 is 1.22 bits per heavy atom. The van der Waals surface area contributed by atoms with Crippen molar-refractivity contribution in [3.8, 4) is 0 Å². The van der Waals surface area contributed by atoms with Crippen LogP contribution in [-0.4, -0.2) is 40.1 Å². The van der Waals surface area contributed by atoms with Crippen LogP contribution in [0, 0.1) is 6.92 Å². The van der Waals surface area contributed by atoms with Crippen molar-refractivity contribution in [1.29, 1.82) is 0 Å². The smallest absolute Gasteiger partial charge is 0.313 e. The van der Waals surface area contributed by atoms with Crippen molar-refractivity contribution in [2.45, 2.75) is 38.8 Å².